The Hall–Kier alpha value is -1.82. The van der Waals surface area contributed by atoms with E-state index in [1.807, 2.05) is 0 Å². The van der Waals surface area contributed by atoms with Crippen LogP contribution in [-0.4, -0.2) is 39.6 Å². The molecule has 0 fully saturated rings. The Labute approximate surface area is 110 Å². The van der Waals surface area contributed by atoms with E-state index < -0.39 is 23.8 Å². The number of imide groups is 1. The molecule has 2 amide bonds. The van der Waals surface area contributed by atoms with E-state index in [0.29, 0.717) is 4.90 Å². The number of thiol groups is 1. The molecule has 18 heavy (non-hydrogen) atoms. The zero-order valence-electron chi connectivity index (χ0n) is 9.74. The topological polar surface area (TPSA) is 74.7 Å². The van der Waals surface area contributed by atoms with Crippen LogP contribution in [0.2, 0.25) is 0 Å². The van der Waals surface area contributed by atoms with Crippen molar-refractivity contribution in [3.8, 4) is 0 Å². The smallest absolute Gasteiger partial charge is 0.327 e. The SMILES string of the molecule is CC(=O)N(C(=O)c1ccccc1)[C@@H](CS)C(=O)O. The lowest BCUT2D eigenvalue weighted by Crippen LogP contribution is -2.48. The Bertz CT molecular complexity index is 460. The molecule has 0 unspecified atom stereocenters. The molecule has 1 atom stereocenters. The summed E-state index contributed by atoms with van der Waals surface area (Å²) >= 11 is 3.87. The predicted octanol–water partition coefficient (Wildman–Crippen LogP) is 1.06. The third-order valence-corrected chi connectivity index (χ3v) is 2.69. The fourth-order valence-electron chi connectivity index (χ4n) is 1.49. The van der Waals surface area contributed by atoms with Crippen LogP contribution in [0.1, 0.15) is 17.3 Å². The van der Waals surface area contributed by atoms with Gasteiger partial charge < -0.3 is 5.11 Å². The van der Waals surface area contributed by atoms with Crippen molar-refractivity contribution < 1.29 is 19.5 Å². The average Bonchev–Trinajstić information content (AvgIpc) is 2.35. The highest BCUT2D eigenvalue weighted by molar-refractivity contribution is 7.80. The summed E-state index contributed by atoms with van der Waals surface area (Å²) in [6.45, 7) is 1.15. The Balaban J connectivity index is 3.10. The molecule has 0 saturated heterocycles. The highest BCUT2D eigenvalue weighted by atomic mass is 32.1. The fourth-order valence-corrected chi connectivity index (χ4v) is 1.81. The number of carbonyl (C=O) groups excluding carboxylic acids is 2. The van der Waals surface area contributed by atoms with Crippen LogP contribution in [0.5, 0.6) is 0 Å². The molecule has 0 heterocycles. The number of nitrogens with zero attached hydrogens (tertiary/aromatic N) is 1. The van der Waals surface area contributed by atoms with Gasteiger partial charge >= 0.3 is 5.97 Å². The van der Waals surface area contributed by atoms with Crippen molar-refractivity contribution in [1.29, 1.82) is 0 Å². The summed E-state index contributed by atoms with van der Waals surface area (Å²) in [6, 6.07) is 6.79. The third kappa shape index (κ3) is 3.10. The molecule has 0 saturated carbocycles. The summed E-state index contributed by atoms with van der Waals surface area (Å²) < 4.78 is 0. The number of benzene rings is 1. The van der Waals surface area contributed by atoms with Crippen LogP contribution < -0.4 is 0 Å². The van der Waals surface area contributed by atoms with Crippen LogP contribution in [0.4, 0.5) is 0 Å². The van der Waals surface area contributed by atoms with E-state index in [1.165, 1.54) is 12.1 Å². The van der Waals surface area contributed by atoms with E-state index in [2.05, 4.69) is 12.6 Å². The van der Waals surface area contributed by atoms with E-state index in [9.17, 15) is 14.4 Å². The van der Waals surface area contributed by atoms with Gasteiger partial charge in [-0.15, -0.1) is 0 Å². The second-order valence-electron chi connectivity index (χ2n) is 3.60. The second kappa shape index (κ2) is 6.20. The van der Waals surface area contributed by atoms with Crippen molar-refractivity contribution in [1.82, 2.24) is 4.90 Å². The van der Waals surface area contributed by atoms with Crippen LogP contribution in [0, 0.1) is 0 Å². The summed E-state index contributed by atoms with van der Waals surface area (Å²) in [4.78, 5) is 35.3. The normalized spacial score (nSPS) is 11.7. The molecule has 0 aromatic heterocycles. The Morgan fingerprint density at radius 2 is 1.83 bits per heavy atom. The van der Waals surface area contributed by atoms with Gasteiger partial charge in [-0.05, 0) is 12.1 Å². The minimum atomic E-state index is -1.27. The van der Waals surface area contributed by atoms with Gasteiger partial charge in [-0.2, -0.15) is 12.6 Å². The molecule has 0 aliphatic carbocycles. The molecule has 1 rings (SSSR count). The second-order valence-corrected chi connectivity index (χ2v) is 3.96. The van der Waals surface area contributed by atoms with E-state index in [4.69, 9.17) is 5.11 Å². The molecule has 1 aromatic carbocycles. The lowest BCUT2D eigenvalue weighted by Gasteiger charge is -2.24. The standard InChI is InChI=1S/C12H13NO4S/c1-8(14)13(10(7-18)12(16)17)11(15)9-5-3-2-4-6-9/h2-6,10,18H,7H2,1H3,(H,16,17)/t10-/m0/s1. The van der Waals surface area contributed by atoms with Gasteiger partial charge in [0.05, 0.1) is 0 Å². The predicted molar refractivity (Wildman–Crippen MR) is 68.6 cm³/mol. The first-order chi connectivity index (χ1) is 8.49. The van der Waals surface area contributed by atoms with Gasteiger partial charge in [0, 0.05) is 18.2 Å². The molecule has 96 valence electrons. The number of carboxylic acid groups (broad SMARTS) is 1. The molecule has 0 bridgehead atoms. The lowest BCUT2D eigenvalue weighted by atomic mass is 10.1. The molecule has 0 spiro atoms. The Morgan fingerprint density at radius 1 is 1.28 bits per heavy atom. The van der Waals surface area contributed by atoms with Gasteiger partial charge in [-0.1, -0.05) is 18.2 Å². The molecule has 1 N–H and O–H groups in total. The summed E-state index contributed by atoms with van der Waals surface area (Å²) in [7, 11) is 0. The number of hydrogen-bond donors (Lipinski definition) is 2. The monoisotopic (exact) mass is 267 g/mol. The first-order valence-corrected chi connectivity index (χ1v) is 5.85. The van der Waals surface area contributed by atoms with E-state index in [1.54, 1.807) is 18.2 Å². The number of carboxylic acids is 1. The van der Waals surface area contributed by atoms with Crippen molar-refractivity contribution in [2.24, 2.45) is 0 Å². The molecule has 5 nitrogen and oxygen atoms in total. The van der Waals surface area contributed by atoms with Crippen molar-refractivity contribution in [2.45, 2.75) is 13.0 Å². The molecule has 1 aromatic rings. The summed E-state index contributed by atoms with van der Waals surface area (Å²) in [6.07, 6.45) is 0. The van der Waals surface area contributed by atoms with E-state index in [0.717, 1.165) is 6.92 Å². The molecule has 6 heteroatoms. The lowest BCUT2D eigenvalue weighted by molar-refractivity contribution is -0.146. The summed E-state index contributed by atoms with van der Waals surface area (Å²) in [5.74, 6) is -2.65. The fraction of sp³-hybridized carbons (Fsp3) is 0.250. The zero-order chi connectivity index (χ0) is 13.7. The van der Waals surface area contributed by atoms with E-state index in [-0.39, 0.29) is 11.3 Å². The first-order valence-electron chi connectivity index (χ1n) is 5.22. The number of amides is 2. The van der Waals surface area contributed by atoms with Gasteiger partial charge in [-0.3, -0.25) is 14.5 Å². The van der Waals surface area contributed by atoms with Crippen LogP contribution >= 0.6 is 12.6 Å². The molecular weight excluding hydrogens is 254 g/mol. The minimum absolute atomic E-state index is 0.131. The maximum Gasteiger partial charge on any atom is 0.327 e. The Morgan fingerprint density at radius 3 is 2.22 bits per heavy atom. The highest BCUT2D eigenvalue weighted by Gasteiger charge is 2.32. The van der Waals surface area contributed by atoms with Crippen LogP contribution in [0.15, 0.2) is 30.3 Å². The van der Waals surface area contributed by atoms with Crippen molar-refractivity contribution in [2.75, 3.05) is 5.75 Å². The van der Waals surface area contributed by atoms with Gasteiger partial charge in [0.15, 0.2) is 0 Å². The molecule has 0 aliphatic rings. The number of aliphatic carboxylic acids is 1. The molecule has 0 aliphatic heterocycles. The van der Waals surface area contributed by atoms with Gasteiger partial charge in [-0.25, -0.2) is 4.79 Å². The highest BCUT2D eigenvalue weighted by Crippen LogP contribution is 2.10. The number of hydrogen-bond acceptors (Lipinski definition) is 4. The number of rotatable bonds is 4. The summed E-state index contributed by atoms with van der Waals surface area (Å²) in [5, 5.41) is 8.99. The first kappa shape index (κ1) is 14.2. The van der Waals surface area contributed by atoms with Crippen LogP contribution in [-0.2, 0) is 9.59 Å². The minimum Gasteiger partial charge on any atom is -0.480 e. The van der Waals surface area contributed by atoms with E-state index >= 15 is 0 Å². The van der Waals surface area contributed by atoms with Crippen LogP contribution in [0.3, 0.4) is 0 Å². The van der Waals surface area contributed by atoms with Crippen molar-refractivity contribution in [3.05, 3.63) is 35.9 Å². The van der Waals surface area contributed by atoms with Crippen molar-refractivity contribution in [3.63, 3.8) is 0 Å². The third-order valence-electron chi connectivity index (χ3n) is 2.35. The van der Waals surface area contributed by atoms with Gasteiger partial charge in [0.25, 0.3) is 5.91 Å². The largest absolute Gasteiger partial charge is 0.480 e. The molecular formula is C12H13NO4S. The molecule has 0 radical (unpaired) electrons. The maximum absolute atomic E-state index is 12.1. The maximum atomic E-state index is 12.1. The van der Waals surface area contributed by atoms with Crippen LogP contribution in [0.25, 0.3) is 0 Å². The Kier molecular flexibility index (Phi) is 4.91. The van der Waals surface area contributed by atoms with Crippen molar-refractivity contribution >= 4 is 30.4 Å². The number of carbonyl (C=O) groups is 3. The summed E-state index contributed by atoms with van der Waals surface area (Å²) in [5.41, 5.74) is 0.265. The average molecular weight is 267 g/mol. The van der Waals surface area contributed by atoms with Gasteiger partial charge in [0.1, 0.15) is 6.04 Å². The zero-order valence-corrected chi connectivity index (χ0v) is 10.6. The quantitative estimate of drug-likeness (QED) is 0.800. The van der Waals surface area contributed by atoms with Gasteiger partial charge in [0.2, 0.25) is 5.91 Å².